The predicted molar refractivity (Wildman–Crippen MR) is 63.0 cm³/mol. The molecule has 0 aliphatic carbocycles. The number of halogens is 1. The number of benzene rings is 2. The standard InChI is InChI=1S/C13H12FNO2/c1-15(17-2)13(16)11-7-3-6-10-9(11)5-4-8-12(10)14/h3-8H,1-2H3. The van der Waals surface area contributed by atoms with Crippen LogP contribution in [0.3, 0.4) is 0 Å². The maximum Gasteiger partial charge on any atom is 0.277 e. The molecule has 17 heavy (non-hydrogen) atoms. The Kier molecular flexibility index (Phi) is 3.06. The van der Waals surface area contributed by atoms with Gasteiger partial charge in [0.05, 0.1) is 7.11 Å². The van der Waals surface area contributed by atoms with E-state index in [0.29, 0.717) is 16.3 Å². The number of hydrogen-bond donors (Lipinski definition) is 0. The van der Waals surface area contributed by atoms with E-state index in [1.165, 1.54) is 20.2 Å². The average Bonchev–Trinajstić information content (AvgIpc) is 2.37. The minimum Gasteiger partial charge on any atom is -0.274 e. The number of carbonyl (C=O) groups is 1. The predicted octanol–water partition coefficient (Wildman–Crippen LogP) is 2.61. The molecule has 88 valence electrons. The number of rotatable bonds is 2. The second-order valence-corrected chi connectivity index (χ2v) is 3.63. The molecule has 0 unspecified atom stereocenters. The monoisotopic (exact) mass is 233 g/mol. The fourth-order valence-electron chi connectivity index (χ4n) is 1.71. The van der Waals surface area contributed by atoms with Crippen LogP contribution < -0.4 is 0 Å². The third-order valence-electron chi connectivity index (χ3n) is 2.66. The Balaban J connectivity index is 2.63. The summed E-state index contributed by atoms with van der Waals surface area (Å²) in [5.74, 6) is -0.638. The van der Waals surface area contributed by atoms with Crippen LogP contribution in [0.4, 0.5) is 4.39 Å². The first-order valence-corrected chi connectivity index (χ1v) is 5.14. The summed E-state index contributed by atoms with van der Waals surface area (Å²) in [5, 5.41) is 2.13. The van der Waals surface area contributed by atoms with Gasteiger partial charge in [-0.05, 0) is 17.5 Å². The Hall–Kier alpha value is -1.94. The molecule has 0 radical (unpaired) electrons. The molecule has 0 spiro atoms. The zero-order chi connectivity index (χ0) is 12.4. The molecule has 0 heterocycles. The lowest BCUT2D eigenvalue weighted by molar-refractivity contribution is -0.0755. The lowest BCUT2D eigenvalue weighted by Crippen LogP contribution is -2.25. The third kappa shape index (κ3) is 1.99. The van der Waals surface area contributed by atoms with Crippen molar-refractivity contribution in [3.05, 3.63) is 47.8 Å². The number of nitrogens with zero attached hydrogens (tertiary/aromatic N) is 1. The summed E-state index contributed by atoms with van der Waals surface area (Å²) >= 11 is 0. The van der Waals surface area contributed by atoms with Crippen LogP contribution in [0.25, 0.3) is 10.8 Å². The molecular weight excluding hydrogens is 221 g/mol. The number of carbonyl (C=O) groups excluding carboxylic acids is 1. The fraction of sp³-hybridized carbons (Fsp3) is 0.154. The van der Waals surface area contributed by atoms with Gasteiger partial charge in [-0.25, -0.2) is 9.45 Å². The van der Waals surface area contributed by atoms with Crippen molar-refractivity contribution in [2.45, 2.75) is 0 Å². The highest BCUT2D eigenvalue weighted by atomic mass is 19.1. The quantitative estimate of drug-likeness (QED) is 0.746. The van der Waals surface area contributed by atoms with E-state index in [0.717, 1.165) is 5.06 Å². The minimum absolute atomic E-state index is 0.302. The maximum absolute atomic E-state index is 13.6. The van der Waals surface area contributed by atoms with E-state index in [1.807, 2.05) is 0 Å². The summed E-state index contributed by atoms with van der Waals surface area (Å²) in [5.41, 5.74) is 0.423. The molecule has 0 saturated carbocycles. The molecule has 0 aliphatic rings. The first kappa shape index (κ1) is 11.5. The van der Waals surface area contributed by atoms with E-state index in [4.69, 9.17) is 4.84 Å². The molecule has 4 heteroatoms. The van der Waals surface area contributed by atoms with Gasteiger partial charge >= 0.3 is 0 Å². The van der Waals surface area contributed by atoms with Crippen molar-refractivity contribution >= 4 is 16.7 Å². The van der Waals surface area contributed by atoms with Gasteiger partial charge in [-0.2, -0.15) is 0 Å². The molecule has 3 nitrogen and oxygen atoms in total. The summed E-state index contributed by atoms with van der Waals surface area (Å²) in [6.45, 7) is 0. The Morgan fingerprint density at radius 1 is 1.18 bits per heavy atom. The topological polar surface area (TPSA) is 29.5 Å². The van der Waals surface area contributed by atoms with E-state index in [-0.39, 0.29) is 11.7 Å². The first-order chi connectivity index (χ1) is 8.15. The van der Waals surface area contributed by atoms with Crippen molar-refractivity contribution in [1.82, 2.24) is 5.06 Å². The highest BCUT2D eigenvalue weighted by Crippen LogP contribution is 2.22. The highest BCUT2D eigenvalue weighted by Gasteiger charge is 2.15. The fourth-order valence-corrected chi connectivity index (χ4v) is 1.71. The van der Waals surface area contributed by atoms with Crippen LogP contribution >= 0.6 is 0 Å². The number of fused-ring (bicyclic) bond motifs is 1. The smallest absolute Gasteiger partial charge is 0.274 e. The Bertz CT molecular complexity index is 568. The number of amides is 1. The maximum atomic E-state index is 13.6. The third-order valence-corrected chi connectivity index (χ3v) is 2.66. The molecule has 1 amide bonds. The lowest BCUT2D eigenvalue weighted by atomic mass is 10.0. The van der Waals surface area contributed by atoms with Gasteiger partial charge in [0.1, 0.15) is 5.82 Å². The summed E-state index contributed by atoms with van der Waals surface area (Å²) in [7, 11) is 2.92. The van der Waals surface area contributed by atoms with E-state index in [1.54, 1.807) is 30.3 Å². The molecule has 0 aromatic heterocycles. The molecule has 2 aromatic rings. The second-order valence-electron chi connectivity index (χ2n) is 3.63. The van der Waals surface area contributed by atoms with Crippen molar-refractivity contribution in [2.75, 3.05) is 14.2 Å². The highest BCUT2D eigenvalue weighted by molar-refractivity contribution is 6.06. The van der Waals surface area contributed by atoms with Gasteiger partial charge in [0.15, 0.2) is 0 Å². The summed E-state index contributed by atoms with van der Waals surface area (Å²) in [6.07, 6.45) is 0. The molecule has 2 aromatic carbocycles. The zero-order valence-electron chi connectivity index (χ0n) is 9.61. The largest absolute Gasteiger partial charge is 0.277 e. The summed E-state index contributed by atoms with van der Waals surface area (Å²) in [4.78, 5) is 16.8. The minimum atomic E-state index is -0.336. The van der Waals surface area contributed by atoms with Crippen LogP contribution in [-0.2, 0) is 4.84 Å². The van der Waals surface area contributed by atoms with Crippen LogP contribution in [0.15, 0.2) is 36.4 Å². The van der Waals surface area contributed by atoms with Crippen LogP contribution in [0, 0.1) is 5.82 Å². The first-order valence-electron chi connectivity index (χ1n) is 5.14. The molecule has 0 bridgehead atoms. The van der Waals surface area contributed by atoms with Crippen LogP contribution in [0.2, 0.25) is 0 Å². The Morgan fingerprint density at radius 2 is 1.82 bits per heavy atom. The van der Waals surface area contributed by atoms with Gasteiger partial charge in [0, 0.05) is 18.0 Å². The molecule has 0 aliphatic heterocycles. The summed E-state index contributed by atoms with van der Waals surface area (Å²) < 4.78 is 13.6. The van der Waals surface area contributed by atoms with Crippen molar-refractivity contribution in [2.24, 2.45) is 0 Å². The van der Waals surface area contributed by atoms with Crippen LogP contribution in [0.5, 0.6) is 0 Å². The van der Waals surface area contributed by atoms with Gasteiger partial charge in [-0.1, -0.05) is 24.3 Å². The van der Waals surface area contributed by atoms with E-state index < -0.39 is 0 Å². The molecular formula is C13H12FNO2. The molecule has 0 saturated heterocycles. The molecule has 0 N–H and O–H groups in total. The Labute approximate surface area is 98.4 Å². The van der Waals surface area contributed by atoms with Crippen molar-refractivity contribution < 1.29 is 14.0 Å². The molecule has 2 rings (SSSR count). The lowest BCUT2D eigenvalue weighted by Gasteiger charge is -2.15. The van der Waals surface area contributed by atoms with Gasteiger partial charge in [-0.3, -0.25) is 9.63 Å². The van der Waals surface area contributed by atoms with Crippen LogP contribution in [0.1, 0.15) is 10.4 Å². The average molecular weight is 233 g/mol. The number of hydrogen-bond acceptors (Lipinski definition) is 2. The van der Waals surface area contributed by atoms with E-state index in [9.17, 15) is 9.18 Å². The van der Waals surface area contributed by atoms with Crippen molar-refractivity contribution in [3.63, 3.8) is 0 Å². The van der Waals surface area contributed by atoms with Gasteiger partial charge in [0.2, 0.25) is 0 Å². The van der Waals surface area contributed by atoms with Crippen LogP contribution in [-0.4, -0.2) is 25.1 Å². The van der Waals surface area contributed by atoms with E-state index in [2.05, 4.69) is 0 Å². The second kappa shape index (κ2) is 4.51. The molecule has 0 atom stereocenters. The molecule has 0 fully saturated rings. The SMILES string of the molecule is CON(C)C(=O)c1cccc2c(F)cccc12. The Morgan fingerprint density at radius 3 is 2.53 bits per heavy atom. The van der Waals surface area contributed by atoms with E-state index >= 15 is 0 Å². The zero-order valence-corrected chi connectivity index (χ0v) is 9.61. The van der Waals surface area contributed by atoms with Gasteiger partial charge < -0.3 is 0 Å². The van der Waals surface area contributed by atoms with Crippen molar-refractivity contribution in [3.8, 4) is 0 Å². The number of hydroxylamine groups is 2. The normalized spacial score (nSPS) is 10.5. The van der Waals surface area contributed by atoms with Gasteiger partial charge in [0.25, 0.3) is 5.91 Å². The summed E-state index contributed by atoms with van der Waals surface area (Å²) in [6, 6.07) is 9.63. The van der Waals surface area contributed by atoms with Gasteiger partial charge in [-0.15, -0.1) is 0 Å². The van der Waals surface area contributed by atoms with Crippen molar-refractivity contribution in [1.29, 1.82) is 0 Å².